The Labute approximate surface area is 112 Å². The normalized spacial score (nSPS) is 22.2. The first kappa shape index (κ1) is 12.2. The Bertz CT molecular complexity index is 516. The van der Waals surface area contributed by atoms with Crippen LogP contribution in [-0.2, 0) is 4.74 Å². The highest BCUT2D eigenvalue weighted by Gasteiger charge is 2.26. The lowest BCUT2D eigenvalue weighted by atomic mass is 9.95. The van der Waals surface area contributed by atoms with Gasteiger partial charge in [-0.2, -0.15) is 0 Å². The highest BCUT2D eigenvalue weighted by atomic mass is 32.1. The zero-order valence-corrected chi connectivity index (χ0v) is 11.5. The Morgan fingerprint density at radius 3 is 3.00 bits per heavy atom. The number of thiophene rings is 1. The van der Waals surface area contributed by atoms with Crippen LogP contribution in [0.4, 0.5) is 0 Å². The number of rotatable bonds is 3. The van der Waals surface area contributed by atoms with E-state index in [1.807, 2.05) is 18.4 Å². The maximum absolute atomic E-state index is 5.95. The third-order valence-corrected chi connectivity index (χ3v) is 4.73. The van der Waals surface area contributed by atoms with E-state index < -0.39 is 0 Å². The van der Waals surface area contributed by atoms with Gasteiger partial charge in [-0.1, -0.05) is 18.2 Å². The number of nitrogens with one attached hydrogen (secondary N) is 1. The molecule has 1 N–H and O–H groups in total. The molecule has 2 nitrogen and oxygen atoms in total. The highest BCUT2D eigenvalue weighted by Crippen LogP contribution is 2.34. The Hall–Kier alpha value is -0.900. The molecule has 18 heavy (non-hydrogen) atoms. The molecular weight excluding hydrogens is 242 g/mol. The minimum atomic E-state index is 0.321. The molecule has 0 spiro atoms. The fourth-order valence-corrected chi connectivity index (χ4v) is 3.81. The van der Waals surface area contributed by atoms with Crippen LogP contribution in [0.1, 0.15) is 30.9 Å². The average molecular weight is 261 g/mol. The van der Waals surface area contributed by atoms with Crippen LogP contribution in [0.3, 0.4) is 0 Å². The number of hydrogen-bond acceptors (Lipinski definition) is 3. The van der Waals surface area contributed by atoms with E-state index >= 15 is 0 Å². The maximum Gasteiger partial charge on any atom is 0.0770 e. The van der Waals surface area contributed by atoms with Gasteiger partial charge in [-0.25, -0.2) is 0 Å². The lowest BCUT2D eigenvalue weighted by Crippen LogP contribution is -2.33. The van der Waals surface area contributed by atoms with Crippen LogP contribution in [0.2, 0.25) is 0 Å². The molecule has 2 atom stereocenters. The third kappa shape index (κ3) is 2.18. The van der Waals surface area contributed by atoms with Crippen molar-refractivity contribution in [3.8, 4) is 0 Å². The molecule has 0 bridgehead atoms. The Morgan fingerprint density at radius 2 is 2.22 bits per heavy atom. The summed E-state index contributed by atoms with van der Waals surface area (Å²) in [4.78, 5) is 0. The first-order valence-corrected chi connectivity index (χ1v) is 7.53. The largest absolute Gasteiger partial charge is 0.376 e. The number of fused-ring (bicyclic) bond motifs is 1. The standard InChI is InChI=1S/C15H19NOS/c1-16-15(13-7-4-5-9-17-13)12-10-18-14-8-3-2-6-11(12)14/h2-3,6,8,10,13,15-16H,4-5,7,9H2,1H3. The van der Waals surface area contributed by atoms with Gasteiger partial charge in [0, 0.05) is 11.3 Å². The summed E-state index contributed by atoms with van der Waals surface area (Å²) in [6.45, 7) is 0.908. The summed E-state index contributed by atoms with van der Waals surface area (Å²) in [7, 11) is 2.04. The van der Waals surface area contributed by atoms with Crippen LogP contribution in [-0.4, -0.2) is 19.8 Å². The molecule has 2 heterocycles. The molecule has 0 radical (unpaired) electrons. The van der Waals surface area contributed by atoms with Crippen LogP contribution >= 0.6 is 11.3 Å². The van der Waals surface area contributed by atoms with Gasteiger partial charge in [-0.3, -0.25) is 0 Å². The van der Waals surface area contributed by atoms with Gasteiger partial charge in [0.1, 0.15) is 0 Å². The van der Waals surface area contributed by atoms with Crippen LogP contribution in [0.5, 0.6) is 0 Å². The van der Waals surface area contributed by atoms with E-state index in [9.17, 15) is 0 Å². The second-order valence-electron chi connectivity index (χ2n) is 4.86. The van der Waals surface area contributed by atoms with Gasteiger partial charge in [-0.15, -0.1) is 11.3 Å². The monoisotopic (exact) mass is 261 g/mol. The van der Waals surface area contributed by atoms with Crippen LogP contribution in [0, 0.1) is 0 Å². The topological polar surface area (TPSA) is 21.3 Å². The smallest absolute Gasteiger partial charge is 0.0770 e. The quantitative estimate of drug-likeness (QED) is 0.909. The zero-order chi connectivity index (χ0) is 12.4. The van der Waals surface area contributed by atoms with E-state index in [0.29, 0.717) is 12.1 Å². The van der Waals surface area contributed by atoms with E-state index in [-0.39, 0.29) is 0 Å². The van der Waals surface area contributed by atoms with E-state index in [4.69, 9.17) is 4.74 Å². The van der Waals surface area contributed by atoms with Crippen molar-refractivity contribution >= 4 is 21.4 Å². The van der Waals surface area contributed by atoms with Gasteiger partial charge in [0.2, 0.25) is 0 Å². The van der Waals surface area contributed by atoms with Crippen molar-refractivity contribution < 1.29 is 4.74 Å². The summed E-state index contributed by atoms with van der Waals surface area (Å²) in [6.07, 6.45) is 3.97. The van der Waals surface area contributed by atoms with Crippen molar-refractivity contribution in [2.45, 2.75) is 31.4 Å². The molecule has 0 aliphatic carbocycles. The molecule has 3 rings (SSSR count). The van der Waals surface area contributed by atoms with Gasteiger partial charge >= 0.3 is 0 Å². The Kier molecular flexibility index (Phi) is 3.64. The van der Waals surface area contributed by atoms with Crippen molar-refractivity contribution in [2.24, 2.45) is 0 Å². The minimum absolute atomic E-state index is 0.321. The minimum Gasteiger partial charge on any atom is -0.376 e. The summed E-state index contributed by atoms with van der Waals surface area (Å²) in [5.74, 6) is 0. The summed E-state index contributed by atoms with van der Waals surface area (Å²) < 4.78 is 7.31. The van der Waals surface area contributed by atoms with Gasteiger partial charge in [0.25, 0.3) is 0 Å². The maximum atomic E-state index is 5.95. The second kappa shape index (κ2) is 5.39. The predicted molar refractivity (Wildman–Crippen MR) is 77.2 cm³/mol. The number of ether oxygens (including phenoxy) is 1. The Morgan fingerprint density at radius 1 is 1.33 bits per heavy atom. The summed E-state index contributed by atoms with van der Waals surface area (Å²) in [6, 6.07) is 8.95. The summed E-state index contributed by atoms with van der Waals surface area (Å²) in [5, 5.41) is 7.10. The van der Waals surface area contributed by atoms with E-state index in [1.165, 1.54) is 28.5 Å². The molecule has 1 aromatic carbocycles. The molecular formula is C15H19NOS. The first-order chi connectivity index (χ1) is 8.90. The molecule has 1 fully saturated rings. The molecule has 1 aliphatic heterocycles. The third-order valence-electron chi connectivity index (χ3n) is 3.74. The van der Waals surface area contributed by atoms with Crippen molar-refractivity contribution in [1.82, 2.24) is 5.32 Å². The predicted octanol–water partition coefficient (Wildman–Crippen LogP) is 3.73. The van der Waals surface area contributed by atoms with Gasteiger partial charge in [0.15, 0.2) is 0 Å². The molecule has 1 aromatic heterocycles. The lowest BCUT2D eigenvalue weighted by Gasteiger charge is -2.30. The molecule has 1 saturated heterocycles. The van der Waals surface area contributed by atoms with Gasteiger partial charge in [-0.05, 0) is 48.7 Å². The van der Waals surface area contributed by atoms with E-state index in [1.54, 1.807) is 0 Å². The van der Waals surface area contributed by atoms with Gasteiger partial charge < -0.3 is 10.1 Å². The summed E-state index contributed by atoms with van der Waals surface area (Å²) >= 11 is 1.83. The molecule has 2 aromatic rings. The van der Waals surface area contributed by atoms with Gasteiger partial charge in [0.05, 0.1) is 12.1 Å². The number of hydrogen-bond donors (Lipinski definition) is 1. The van der Waals surface area contributed by atoms with Crippen molar-refractivity contribution in [2.75, 3.05) is 13.7 Å². The van der Waals surface area contributed by atoms with Crippen LogP contribution < -0.4 is 5.32 Å². The average Bonchev–Trinajstić information content (AvgIpc) is 2.85. The molecule has 1 aliphatic rings. The molecule has 2 unspecified atom stereocenters. The molecule has 96 valence electrons. The highest BCUT2D eigenvalue weighted by molar-refractivity contribution is 7.17. The molecule has 0 saturated carbocycles. The fourth-order valence-electron chi connectivity index (χ4n) is 2.81. The van der Waals surface area contributed by atoms with Crippen LogP contribution in [0.15, 0.2) is 29.6 Å². The number of benzene rings is 1. The van der Waals surface area contributed by atoms with E-state index in [2.05, 4.69) is 35.0 Å². The second-order valence-corrected chi connectivity index (χ2v) is 5.77. The lowest BCUT2D eigenvalue weighted by molar-refractivity contribution is -0.00625. The molecule has 3 heteroatoms. The van der Waals surface area contributed by atoms with Crippen molar-refractivity contribution in [3.05, 3.63) is 35.2 Å². The van der Waals surface area contributed by atoms with Crippen molar-refractivity contribution in [1.29, 1.82) is 0 Å². The summed E-state index contributed by atoms with van der Waals surface area (Å²) in [5.41, 5.74) is 1.39. The van der Waals surface area contributed by atoms with Crippen molar-refractivity contribution in [3.63, 3.8) is 0 Å². The zero-order valence-electron chi connectivity index (χ0n) is 10.7. The number of likely N-dealkylation sites (N-methyl/N-ethyl adjacent to an activating group) is 1. The Balaban J connectivity index is 1.95. The first-order valence-electron chi connectivity index (χ1n) is 6.65. The van der Waals surface area contributed by atoms with E-state index in [0.717, 1.165) is 13.0 Å². The molecule has 0 amide bonds. The van der Waals surface area contributed by atoms with Crippen LogP contribution in [0.25, 0.3) is 10.1 Å². The fraction of sp³-hybridized carbons (Fsp3) is 0.467. The SMILES string of the molecule is CNC(c1csc2ccccc12)C1CCCCO1.